The van der Waals surface area contributed by atoms with E-state index in [0.29, 0.717) is 37.8 Å². The molecule has 53 heavy (non-hydrogen) atoms. The molecule has 1 aromatic rings. The van der Waals surface area contributed by atoms with Gasteiger partial charge in [-0.05, 0) is 30.2 Å². The zero-order valence-corrected chi connectivity index (χ0v) is 31.5. The minimum Gasteiger partial charge on any atom is -0.480 e. The number of nitrogens with one attached hydrogen (secondary N) is 3. The third-order valence-corrected chi connectivity index (χ3v) is 10.2. The zero-order chi connectivity index (χ0) is 40.0. The van der Waals surface area contributed by atoms with E-state index in [1.165, 1.54) is 31.1 Å². The average Bonchev–Trinajstić information content (AvgIpc) is 3.65. The minimum absolute atomic E-state index is 0.183. The molecule has 1 saturated heterocycles. The second-order valence-electron chi connectivity index (χ2n) is 13.8. The summed E-state index contributed by atoms with van der Waals surface area (Å²) in [5.74, 6) is -5.98. The third-order valence-electron chi connectivity index (χ3n) is 10.2. The largest absolute Gasteiger partial charge is 0.480 e. The molecule has 0 radical (unpaired) electrons. The first-order valence-corrected chi connectivity index (χ1v) is 18.1. The number of carbonyl (C=O) groups excluding carboxylic acids is 4. The summed E-state index contributed by atoms with van der Waals surface area (Å²) >= 11 is 0. The molecule has 0 bridgehead atoms. The SMILES string of the molecule is CCC(C)C(NC(=O)[C@@H](NC(=O)C(CO)N=C(N)N)C(C)CC)C(CC(=O)N1CCCC1C(O)C(C)C(=O)N[C@H](C(=O)O)C(O)c1ccccc1)OC. The number of hydrogen-bond acceptors (Lipinski definition) is 10. The Morgan fingerprint density at radius 1 is 0.925 bits per heavy atom. The van der Waals surface area contributed by atoms with Crippen LogP contribution in [0.4, 0.5) is 0 Å². The number of carbonyl (C=O) groups is 5. The van der Waals surface area contributed by atoms with E-state index in [-0.39, 0.29) is 24.2 Å². The molecule has 4 amide bonds. The van der Waals surface area contributed by atoms with Crippen LogP contribution in [0, 0.1) is 17.8 Å². The maximum absolute atomic E-state index is 13.9. The van der Waals surface area contributed by atoms with Crippen LogP contribution in [0.15, 0.2) is 35.3 Å². The molecule has 1 heterocycles. The van der Waals surface area contributed by atoms with Gasteiger partial charge >= 0.3 is 5.97 Å². The quantitative estimate of drug-likeness (QED) is 0.0562. The van der Waals surface area contributed by atoms with Gasteiger partial charge in [0.15, 0.2) is 18.0 Å². The van der Waals surface area contributed by atoms with Gasteiger partial charge < -0.3 is 57.5 Å². The number of nitrogens with zero attached hydrogens (tertiary/aromatic N) is 2. The molecule has 0 aromatic heterocycles. The lowest BCUT2D eigenvalue weighted by Crippen LogP contribution is -2.58. The van der Waals surface area contributed by atoms with E-state index in [9.17, 15) is 44.4 Å². The van der Waals surface area contributed by atoms with Crippen LogP contribution in [0.1, 0.15) is 78.4 Å². The van der Waals surface area contributed by atoms with Crippen LogP contribution < -0.4 is 27.4 Å². The zero-order valence-electron chi connectivity index (χ0n) is 31.5. The standard InChI is InChI=1S/C36H59N7O10/c1-7-19(3)27(40-34(50)28(20(4)8-2)41-33(49)23(18-44)39-36(37)38)25(53-6)17-26(45)43-16-12-15-24(43)30(46)21(5)32(48)42-29(35(51)52)31(47)22-13-10-9-11-14-22/h9-11,13-14,19-21,23-25,27-31,44,46-47H,7-8,12,15-18H2,1-6H3,(H,40,50)(H,41,49)(H,42,48)(H,51,52)(H4,37,38,39)/t19?,20?,21?,23?,24?,25?,27?,28-,29-,30?,31?/m0/s1. The first-order chi connectivity index (χ1) is 25.0. The summed E-state index contributed by atoms with van der Waals surface area (Å²) < 4.78 is 5.79. The summed E-state index contributed by atoms with van der Waals surface area (Å²) in [6, 6.07) is 2.53. The number of carboxylic acids is 1. The van der Waals surface area contributed by atoms with Crippen LogP contribution in [0.25, 0.3) is 0 Å². The number of aliphatic hydroxyl groups excluding tert-OH is 3. The number of likely N-dealkylation sites (tertiary alicyclic amines) is 1. The van der Waals surface area contributed by atoms with Crippen molar-refractivity contribution in [3.63, 3.8) is 0 Å². The lowest BCUT2D eigenvalue weighted by Gasteiger charge is -2.36. The van der Waals surface area contributed by atoms with Crippen LogP contribution in [0.5, 0.6) is 0 Å². The summed E-state index contributed by atoms with van der Waals surface area (Å²) in [6.45, 7) is 8.47. The molecule has 0 saturated carbocycles. The maximum atomic E-state index is 13.9. The minimum atomic E-state index is -1.68. The Balaban J connectivity index is 2.22. The van der Waals surface area contributed by atoms with E-state index in [0.717, 1.165) is 0 Å². The van der Waals surface area contributed by atoms with Crippen molar-refractivity contribution in [3.05, 3.63) is 35.9 Å². The number of aliphatic hydroxyl groups is 3. The van der Waals surface area contributed by atoms with Gasteiger partial charge in [0.2, 0.25) is 23.6 Å². The summed E-state index contributed by atoms with van der Waals surface area (Å²) in [5, 5.41) is 49.4. The molecule has 11 atom stereocenters. The van der Waals surface area contributed by atoms with Crippen molar-refractivity contribution >= 4 is 35.6 Å². The van der Waals surface area contributed by atoms with Gasteiger partial charge in [0.1, 0.15) is 12.1 Å². The van der Waals surface area contributed by atoms with Crippen molar-refractivity contribution in [2.45, 2.75) is 115 Å². The second-order valence-corrected chi connectivity index (χ2v) is 13.8. The highest BCUT2D eigenvalue weighted by Gasteiger charge is 2.42. The predicted octanol–water partition coefficient (Wildman–Crippen LogP) is -0.621. The molecule has 1 aliphatic heterocycles. The molecule has 17 nitrogen and oxygen atoms in total. The second kappa shape index (κ2) is 21.4. The van der Waals surface area contributed by atoms with Gasteiger partial charge in [0.25, 0.3) is 0 Å². The number of amides is 4. The molecule has 0 spiro atoms. The summed E-state index contributed by atoms with van der Waals surface area (Å²) in [6.07, 6.45) is -1.87. The lowest BCUT2D eigenvalue weighted by atomic mass is 9.90. The molecular formula is C36H59N7O10. The number of hydrogen-bond donors (Lipinski definition) is 9. The van der Waals surface area contributed by atoms with E-state index in [1.54, 1.807) is 25.1 Å². The van der Waals surface area contributed by atoms with Gasteiger partial charge in [-0.1, -0.05) is 77.8 Å². The Labute approximate surface area is 310 Å². The van der Waals surface area contributed by atoms with Gasteiger partial charge in [-0.2, -0.15) is 0 Å². The number of rotatable bonds is 21. The predicted molar refractivity (Wildman–Crippen MR) is 196 cm³/mol. The van der Waals surface area contributed by atoms with Crippen LogP contribution in [-0.4, -0.2) is 124 Å². The number of methoxy groups -OCH3 is 1. The van der Waals surface area contributed by atoms with E-state index < -0.39 is 90.7 Å². The van der Waals surface area contributed by atoms with E-state index >= 15 is 0 Å². The number of carboxylic acid groups (broad SMARTS) is 1. The highest BCUT2D eigenvalue weighted by atomic mass is 16.5. The summed E-state index contributed by atoms with van der Waals surface area (Å²) in [5.41, 5.74) is 11.1. The Morgan fingerprint density at radius 2 is 1.53 bits per heavy atom. The highest BCUT2D eigenvalue weighted by molar-refractivity contribution is 5.92. The van der Waals surface area contributed by atoms with Crippen LogP contribution in [0.3, 0.4) is 0 Å². The molecular weight excluding hydrogens is 690 g/mol. The van der Waals surface area contributed by atoms with E-state index in [1.807, 2.05) is 20.8 Å². The Morgan fingerprint density at radius 3 is 2.06 bits per heavy atom. The van der Waals surface area contributed by atoms with Crippen molar-refractivity contribution in [2.75, 3.05) is 20.3 Å². The molecule has 0 aliphatic carbocycles. The fraction of sp³-hybridized carbons (Fsp3) is 0.667. The highest BCUT2D eigenvalue weighted by Crippen LogP contribution is 2.27. The normalized spacial score (nSPS) is 19.9. The van der Waals surface area contributed by atoms with Gasteiger partial charge in [-0.15, -0.1) is 0 Å². The number of benzene rings is 1. The Hall–Kier alpha value is -4.32. The molecule has 1 fully saturated rings. The van der Waals surface area contributed by atoms with Crippen molar-refractivity contribution in [2.24, 2.45) is 34.2 Å². The molecule has 1 aromatic carbocycles. The van der Waals surface area contributed by atoms with Crippen LogP contribution >= 0.6 is 0 Å². The first-order valence-electron chi connectivity index (χ1n) is 18.1. The summed E-state index contributed by atoms with van der Waals surface area (Å²) in [4.78, 5) is 71.0. The molecule has 17 heteroatoms. The van der Waals surface area contributed by atoms with Crippen molar-refractivity contribution in [1.29, 1.82) is 0 Å². The van der Waals surface area contributed by atoms with Crippen molar-refractivity contribution < 1.29 is 49.1 Å². The number of aliphatic imine (C=N–C) groups is 1. The monoisotopic (exact) mass is 749 g/mol. The molecule has 298 valence electrons. The van der Waals surface area contributed by atoms with Crippen molar-refractivity contribution in [1.82, 2.24) is 20.9 Å². The molecule has 9 unspecified atom stereocenters. The Bertz CT molecular complexity index is 1400. The number of guanidine groups is 1. The topological polar surface area (TPSA) is 279 Å². The number of nitrogens with two attached hydrogens (primary N) is 2. The van der Waals surface area contributed by atoms with Gasteiger partial charge in [0.05, 0.1) is 43.2 Å². The molecule has 2 rings (SSSR count). The smallest absolute Gasteiger partial charge is 0.329 e. The fourth-order valence-electron chi connectivity index (χ4n) is 6.42. The molecule has 11 N–H and O–H groups in total. The lowest BCUT2D eigenvalue weighted by molar-refractivity contribution is -0.147. The first kappa shape index (κ1) is 44.8. The molecule has 1 aliphatic rings. The number of ether oxygens (including phenoxy) is 1. The fourth-order valence-corrected chi connectivity index (χ4v) is 6.42. The van der Waals surface area contributed by atoms with Gasteiger partial charge in [-0.3, -0.25) is 19.2 Å². The Kier molecular flexibility index (Phi) is 18.1. The van der Waals surface area contributed by atoms with Gasteiger partial charge in [-0.25, -0.2) is 9.79 Å². The summed E-state index contributed by atoms with van der Waals surface area (Å²) in [7, 11) is 1.42. The van der Waals surface area contributed by atoms with Crippen LogP contribution in [0.2, 0.25) is 0 Å². The average molecular weight is 750 g/mol. The maximum Gasteiger partial charge on any atom is 0.329 e. The van der Waals surface area contributed by atoms with Gasteiger partial charge in [0, 0.05) is 13.7 Å². The van der Waals surface area contributed by atoms with Crippen LogP contribution in [-0.2, 0) is 28.7 Å². The van der Waals surface area contributed by atoms with E-state index in [2.05, 4.69) is 20.9 Å². The van der Waals surface area contributed by atoms with Crippen molar-refractivity contribution in [3.8, 4) is 0 Å². The van der Waals surface area contributed by atoms with E-state index in [4.69, 9.17) is 16.2 Å². The number of aliphatic carboxylic acids is 1. The third kappa shape index (κ3) is 12.4.